The van der Waals surface area contributed by atoms with Crippen molar-refractivity contribution in [2.75, 3.05) is 13.2 Å². The SMILES string of the molecule is CCOCC(=O)NCc1ccc(C(O)c2ccco2)s1. The van der Waals surface area contributed by atoms with Gasteiger partial charge in [-0.05, 0) is 31.2 Å². The summed E-state index contributed by atoms with van der Waals surface area (Å²) >= 11 is 1.44. The van der Waals surface area contributed by atoms with Gasteiger partial charge in [-0.1, -0.05) is 0 Å². The Bertz CT molecular complexity index is 535. The lowest BCUT2D eigenvalue weighted by molar-refractivity contribution is -0.125. The number of ether oxygens (including phenoxy) is 1. The van der Waals surface area contributed by atoms with E-state index < -0.39 is 6.10 Å². The lowest BCUT2D eigenvalue weighted by Crippen LogP contribution is -2.26. The van der Waals surface area contributed by atoms with Gasteiger partial charge in [0.2, 0.25) is 5.91 Å². The largest absolute Gasteiger partial charge is 0.466 e. The van der Waals surface area contributed by atoms with Crippen molar-refractivity contribution in [2.24, 2.45) is 0 Å². The van der Waals surface area contributed by atoms with Crippen LogP contribution in [0.1, 0.15) is 28.5 Å². The smallest absolute Gasteiger partial charge is 0.246 e. The van der Waals surface area contributed by atoms with Gasteiger partial charge in [0.15, 0.2) is 0 Å². The molecule has 2 aromatic heterocycles. The van der Waals surface area contributed by atoms with Crippen molar-refractivity contribution in [1.82, 2.24) is 5.32 Å². The van der Waals surface area contributed by atoms with Gasteiger partial charge in [0.05, 0.1) is 12.8 Å². The molecule has 1 atom stereocenters. The predicted molar refractivity (Wildman–Crippen MR) is 75.4 cm³/mol. The molecular formula is C14H17NO4S. The molecule has 1 amide bonds. The van der Waals surface area contributed by atoms with Crippen LogP contribution in [-0.2, 0) is 16.1 Å². The Kier molecular flexibility index (Phi) is 5.34. The summed E-state index contributed by atoms with van der Waals surface area (Å²) in [6.07, 6.45) is 0.768. The number of nitrogens with one attached hydrogen (secondary N) is 1. The second kappa shape index (κ2) is 7.23. The third-order valence-electron chi connectivity index (χ3n) is 2.66. The summed E-state index contributed by atoms with van der Waals surface area (Å²) in [7, 11) is 0. The average Bonchev–Trinajstić information content (AvgIpc) is 3.12. The average molecular weight is 295 g/mol. The molecule has 20 heavy (non-hydrogen) atoms. The maximum atomic E-state index is 11.4. The lowest BCUT2D eigenvalue weighted by atomic mass is 10.2. The van der Waals surface area contributed by atoms with Gasteiger partial charge in [-0.3, -0.25) is 4.79 Å². The topological polar surface area (TPSA) is 71.7 Å². The summed E-state index contributed by atoms with van der Waals surface area (Å²) in [5.41, 5.74) is 0. The molecule has 1 unspecified atom stereocenters. The zero-order valence-electron chi connectivity index (χ0n) is 11.2. The van der Waals surface area contributed by atoms with E-state index in [-0.39, 0.29) is 12.5 Å². The lowest BCUT2D eigenvalue weighted by Gasteiger charge is -2.05. The molecule has 0 aliphatic heterocycles. The van der Waals surface area contributed by atoms with Crippen molar-refractivity contribution >= 4 is 17.2 Å². The van der Waals surface area contributed by atoms with E-state index in [1.54, 1.807) is 12.1 Å². The molecule has 0 spiro atoms. The van der Waals surface area contributed by atoms with Gasteiger partial charge in [0.1, 0.15) is 18.5 Å². The van der Waals surface area contributed by atoms with Gasteiger partial charge in [-0.2, -0.15) is 0 Å². The van der Waals surface area contributed by atoms with Crippen LogP contribution in [0.5, 0.6) is 0 Å². The number of hydrogen-bond donors (Lipinski definition) is 2. The molecule has 0 aliphatic carbocycles. The van der Waals surface area contributed by atoms with E-state index >= 15 is 0 Å². The van der Waals surface area contributed by atoms with Gasteiger partial charge in [-0.25, -0.2) is 0 Å². The first-order valence-electron chi connectivity index (χ1n) is 6.35. The van der Waals surface area contributed by atoms with Gasteiger partial charge >= 0.3 is 0 Å². The van der Waals surface area contributed by atoms with Crippen LogP contribution in [0.2, 0.25) is 0 Å². The Morgan fingerprint density at radius 3 is 3.05 bits per heavy atom. The van der Waals surface area contributed by atoms with Crippen molar-refractivity contribution in [2.45, 2.75) is 19.6 Å². The first-order valence-corrected chi connectivity index (χ1v) is 7.17. The molecule has 0 saturated heterocycles. The van der Waals surface area contributed by atoms with E-state index in [4.69, 9.17) is 9.15 Å². The first kappa shape index (κ1) is 14.8. The summed E-state index contributed by atoms with van der Waals surface area (Å²) < 4.78 is 10.2. The molecule has 0 aromatic carbocycles. The number of hydrogen-bond acceptors (Lipinski definition) is 5. The second-order valence-electron chi connectivity index (χ2n) is 4.14. The quantitative estimate of drug-likeness (QED) is 0.820. The Morgan fingerprint density at radius 2 is 2.35 bits per heavy atom. The summed E-state index contributed by atoms with van der Waals surface area (Å²) in [5, 5.41) is 12.9. The van der Waals surface area contributed by atoms with Crippen LogP contribution < -0.4 is 5.32 Å². The van der Waals surface area contributed by atoms with Crippen molar-refractivity contribution in [3.8, 4) is 0 Å². The van der Waals surface area contributed by atoms with E-state index in [1.807, 2.05) is 19.1 Å². The maximum Gasteiger partial charge on any atom is 0.246 e. The van der Waals surface area contributed by atoms with Gasteiger partial charge in [0.25, 0.3) is 0 Å². The van der Waals surface area contributed by atoms with Crippen LogP contribution in [0, 0.1) is 0 Å². The van der Waals surface area contributed by atoms with E-state index in [2.05, 4.69) is 5.32 Å². The predicted octanol–water partition coefficient (Wildman–Crippen LogP) is 2.08. The van der Waals surface area contributed by atoms with E-state index in [0.29, 0.717) is 18.9 Å². The van der Waals surface area contributed by atoms with Crippen LogP contribution in [0.25, 0.3) is 0 Å². The van der Waals surface area contributed by atoms with Crippen molar-refractivity contribution in [1.29, 1.82) is 0 Å². The maximum absolute atomic E-state index is 11.4. The van der Waals surface area contributed by atoms with Crippen molar-refractivity contribution < 1.29 is 19.1 Å². The van der Waals surface area contributed by atoms with Gasteiger partial charge in [0, 0.05) is 16.4 Å². The van der Waals surface area contributed by atoms with Gasteiger partial charge < -0.3 is 19.6 Å². The van der Waals surface area contributed by atoms with Gasteiger partial charge in [-0.15, -0.1) is 11.3 Å². The summed E-state index contributed by atoms with van der Waals surface area (Å²) in [6.45, 7) is 2.87. The highest BCUT2D eigenvalue weighted by atomic mass is 32.1. The summed E-state index contributed by atoms with van der Waals surface area (Å²) in [4.78, 5) is 13.2. The highest BCUT2D eigenvalue weighted by molar-refractivity contribution is 7.12. The molecule has 2 aromatic rings. The molecule has 5 nitrogen and oxygen atoms in total. The normalized spacial score (nSPS) is 12.3. The van der Waals surface area contributed by atoms with Crippen LogP contribution in [0.15, 0.2) is 34.9 Å². The molecule has 108 valence electrons. The minimum absolute atomic E-state index is 0.0732. The molecule has 0 bridgehead atoms. The fraction of sp³-hybridized carbons (Fsp3) is 0.357. The number of aliphatic hydroxyl groups is 1. The van der Waals surface area contributed by atoms with E-state index in [0.717, 1.165) is 9.75 Å². The number of carbonyl (C=O) groups excluding carboxylic acids is 1. The number of aliphatic hydroxyl groups excluding tert-OH is 1. The molecule has 2 heterocycles. The minimum Gasteiger partial charge on any atom is -0.466 e. The van der Waals surface area contributed by atoms with Crippen LogP contribution in [0.4, 0.5) is 0 Å². The third kappa shape index (κ3) is 3.93. The van der Waals surface area contributed by atoms with Crippen LogP contribution in [-0.4, -0.2) is 24.2 Å². The molecule has 0 fully saturated rings. The molecular weight excluding hydrogens is 278 g/mol. The highest BCUT2D eigenvalue weighted by Gasteiger charge is 2.15. The monoisotopic (exact) mass is 295 g/mol. The molecule has 6 heteroatoms. The number of carbonyl (C=O) groups is 1. The fourth-order valence-electron chi connectivity index (χ4n) is 1.66. The summed E-state index contributed by atoms with van der Waals surface area (Å²) in [5.74, 6) is 0.368. The number of rotatable bonds is 7. The molecule has 0 saturated carbocycles. The van der Waals surface area contributed by atoms with E-state index in [1.165, 1.54) is 17.6 Å². The Hall–Kier alpha value is -1.63. The van der Waals surface area contributed by atoms with E-state index in [9.17, 15) is 9.90 Å². The zero-order valence-corrected chi connectivity index (χ0v) is 12.0. The summed E-state index contributed by atoms with van der Waals surface area (Å²) in [6, 6.07) is 7.18. The number of amides is 1. The van der Waals surface area contributed by atoms with Crippen LogP contribution in [0.3, 0.4) is 0 Å². The zero-order chi connectivity index (χ0) is 14.4. The fourth-order valence-corrected chi connectivity index (χ4v) is 2.60. The van der Waals surface area contributed by atoms with Crippen LogP contribution >= 0.6 is 11.3 Å². The minimum atomic E-state index is -0.761. The Morgan fingerprint density at radius 1 is 1.50 bits per heavy atom. The second-order valence-corrected chi connectivity index (χ2v) is 5.34. The highest BCUT2D eigenvalue weighted by Crippen LogP contribution is 2.28. The Labute approximate surface area is 121 Å². The number of furan rings is 1. The standard InChI is InChI=1S/C14H17NO4S/c1-2-18-9-13(16)15-8-10-5-6-12(20-10)14(17)11-4-3-7-19-11/h3-7,14,17H,2,8-9H2,1H3,(H,15,16). The molecule has 0 radical (unpaired) electrons. The first-order chi connectivity index (χ1) is 9.70. The molecule has 0 aliphatic rings. The molecule has 2 rings (SSSR count). The van der Waals surface area contributed by atoms with Crippen molar-refractivity contribution in [3.63, 3.8) is 0 Å². The van der Waals surface area contributed by atoms with Crippen molar-refractivity contribution in [3.05, 3.63) is 46.0 Å². The molecule has 2 N–H and O–H groups in total. The number of thiophene rings is 1. The third-order valence-corrected chi connectivity index (χ3v) is 3.80. The Balaban J connectivity index is 1.88.